The van der Waals surface area contributed by atoms with Crippen molar-refractivity contribution in [2.24, 2.45) is 17.8 Å². The molecule has 3 aromatic carbocycles. The van der Waals surface area contributed by atoms with Crippen LogP contribution in [0.1, 0.15) is 52.7 Å². The van der Waals surface area contributed by atoms with Gasteiger partial charge in [0.2, 0.25) is 0 Å². The SMILES string of the molecule is O=C(Nc1cccc(Cl)c1)c1ccc2c(c1)[C@@H]1[C@H]3CC[C@@H](C3)[C@@H]1[C@H](c1ccccc1)N2. The molecule has 2 N–H and O–H groups in total. The largest absolute Gasteiger partial charge is 0.378 e. The number of nitrogens with one attached hydrogen (secondary N) is 2. The van der Waals surface area contributed by atoms with E-state index < -0.39 is 0 Å². The van der Waals surface area contributed by atoms with Gasteiger partial charge in [-0.1, -0.05) is 48.0 Å². The van der Waals surface area contributed by atoms with Gasteiger partial charge < -0.3 is 10.6 Å². The van der Waals surface area contributed by atoms with E-state index in [1.54, 1.807) is 12.1 Å². The number of halogens is 1. The first-order valence-corrected chi connectivity index (χ1v) is 11.6. The lowest BCUT2D eigenvalue weighted by Gasteiger charge is -2.43. The first-order chi connectivity index (χ1) is 15.2. The lowest BCUT2D eigenvalue weighted by molar-refractivity contribution is 0.102. The Labute approximate surface area is 187 Å². The Bertz CT molecular complexity index is 1140. The first kappa shape index (κ1) is 18.9. The average molecular weight is 429 g/mol. The fourth-order valence-corrected chi connectivity index (χ4v) is 6.58. The molecule has 4 heteroatoms. The minimum atomic E-state index is -0.0880. The zero-order chi connectivity index (χ0) is 20.9. The van der Waals surface area contributed by atoms with Gasteiger partial charge in [0.05, 0.1) is 6.04 Å². The highest BCUT2D eigenvalue weighted by atomic mass is 35.5. The summed E-state index contributed by atoms with van der Waals surface area (Å²) in [5.74, 6) is 2.53. The summed E-state index contributed by atoms with van der Waals surface area (Å²) in [6, 6.07) is 24.6. The molecule has 0 saturated heterocycles. The lowest BCUT2D eigenvalue weighted by Crippen LogP contribution is -2.35. The minimum Gasteiger partial charge on any atom is -0.378 e. The van der Waals surface area contributed by atoms with Crippen molar-refractivity contribution >= 4 is 28.9 Å². The first-order valence-electron chi connectivity index (χ1n) is 11.2. The zero-order valence-corrected chi connectivity index (χ0v) is 18.0. The van der Waals surface area contributed by atoms with E-state index in [9.17, 15) is 4.79 Å². The van der Waals surface area contributed by atoms with E-state index in [-0.39, 0.29) is 5.91 Å². The molecular formula is C27H25ClN2O. The topological polar surface area (TPSA) is 41.1 Å². The van der Waals surface area contributed by atoms with Gasteiger partial charge in [-0.15, -0.1) is 0 Å². The number of rotatable bonds is 3. The highest BCUT2D eigenvalue weighted by Crippen LogP contribution is 2.63. The van der Waals surface area contributed by atoms with Gasteiger partial charge in [0.1, 0.15) is 0 Å². The molecular weight excluding hydrogens is 404 g/mol. The summed E-state index contributed by atoms with van der Waals surface area (Å²) in [6.45, 7) is 0. The van der Waals surface area contributed by atoms with Crippen molar-refractivity contribution in [3.63, 3.8) is 0 Å². The van der Waals surface area contributed by atoms with Crippen LogP contribution in [0.4, 0.5) is 11.4 Å². The van der Waals surface area contributed by atoms with Crippen LogP contribution in [-0.4, -0.2) is 5.91 Å². The zero-order valence-electron chi connectivity index (χ0n) is 17.2. The van der Waals surface area contributed by atoms with Crippen molar-refractivity contribution in [3.05, 3.63) is 94.5 Å². The number of carbonyl (C=O) groups is 1. The third kappa shape index (κ3) is 3.23. The molecule has 3 aliphatic rings. The predicted molar refractivity (Wildman–Crippen MR) is 126 cm³/mol. The lowest BCUT2D eigenvalue weighted by atomic mass is 9.68. The fourth-order valence-electron chi connectivity index (χ4n) is 6.39. The molecule has 3 aromatic rings. The summed E-state index contributed by atoms with van der Waals surface area (Å²) < 4.78 is 0. The van der Waals surface area contributed by atoms with Gasteiger partial charge in [0, 0.05) is 22.0 Å². The maximum atomic E-state index is 13.0. The van der Waals surface area contributed by atoms with Gasteiger partial charge in [-0.2, -0.15) is 0 Å². The highest BCUT2D eigenvalue weighted by molar-refractivity contribution is 6.31. The summed E-state index contributed by atoms with van der Waals surface area (Å²) in [7, 11) is 0. The maximum Gasteiger partial charge on any atom is 0.255 e. The van der Waals surface area contributed by atoms with Gasteiger partial charge in [0.15, 0.2) is 0 Å². The molecule has 1 heterocycles. The van der Waals surface area contributed by atoms with Crippen LogP contribution in [0.3, 0.4) is 0 Å². The van der Waals surface area contributed by atoms with Crippen molar-refractivity contribution in [1.29, 1.82) is 0 Å². The van der Waals surface area contributed by atoms with Gasteiger partial charge in [-0.05, 0) is 90.5 Å². The van der Waals surface area contributed by atoms with E-state index in [1.807, 2.05) is 18.2 Å². The van der Waals surface area contributed by atoms with Gasteiger partial charge >= 0.3 is 0 Å². The Morgan fingerprint density at radius 1 is 0.935 bits per heavy atom. The monoisotopic (exact) mass is 428 g/mol. The number of hydrogen-bond acceptors (Lipinski definition) is 2. The van der Waals surface area contributed by atoms with Crippen LogP contribution >= 0.6 is 11.6 Å². The second kappa shape index (κ2) is 7.42. The number of hydrogen-bond donors (Lipinski definition) is 2. The molecule has 1 amide bonds. The summed E-state index contributed by atoms with van der Waals surface area (Å²) in [4.78, 5) is 13.0. The minimum absolute atomic E-state index is 0.0880. The molecule has 0 spiro atoms. The quantitative estimate of drug-likeness (QED) is 0.477. The Balaban J connectivity index is 1.35. The van der Waals surface area contributed by atoms with Crippen molar-refractivity contribution in [1.82, 2.24) is 0 Å². The van der Waals surface area contributed by atoms with Crippen LogP contribution in [0.2, 0.25) is 5.02 Å². The summed E-state index contributed by atoms with van der Waals surface area (Å²) in [6.07, 6.45) is 3.96. The number of carbonyl (C=O) groups excluding carboxylic acids is 1. The van der Waals surface area contributed by atoms with E-state index in [0.717, 1.165) is 17.5 Å². The predicted octanol–water partition coefficient (Wildman–Crippen LogP) is 6.89. The third-order valence-electron chi connectivity index (χ3n) is 7.59. The fraction of sp³-hybridized carbons (Fsp3) is 0.296. The summed E-state index contributed by atoms with van der Waals surface area (Å²) in [5.41, 5.74) is 5.30. The van der Waals surface area contributed by atoms with Crippen molar-refractivity contribution in [2.75, 3.05) is 10.6 Å². The van der Waals surface area contributed by atoms with Crippen molar-refractivity contribution < 1.29 is 4.79 Å². The smallest absolute Gasteiger partial charge is 0.255 e. The summed E-state index contributed by atoms with van der Waals surface area (Å²) >= 11 is 6.07. The Kier molecular flexibility index (Phi) is 4.53. The van der Waals surface area contributed by atoms with Crippen molar-refractivity contribution in [2.45, 2.75) is 31.2 Å². The van der Waals surface area contributed by atoms with E-state index in [1.165, 1.54) is 36.1 Å². The molecule has 0 unspecified atom stereocenters. The van der Waals surface area contributed by atoms with E-state index in [2.05, 4.69) is 53.1 Å². The van der Waals surface area contributed by atoms with Gasteiger partial charge in [-0.3, -0.25) is 4.79 Å². The van der Waals surface area contributed by atoms with Crippen LogP contribution in [0.15, 0.2) is 72.8 Å². The van der Waals surface area contributed by atoms with E-state index in [4.69, 9.17) is 11.6 Å². The molecule has 0 radical (unpaired) electrons. The van der Waals surface area contributed by atoms with Crippen molar-refractivity contribution in [3.8, 4) is 0 Å². The van der Waals surface area contributed by atoms with Gasteiger partial charge in [0.25, 0.3) is 5.91 Å². The van der Waals surface area contributed by atoms with Gasteiger partial charge in [-0.25, -0.2) is 0 Å². The van der Waals surface area contributed by atoms with Crippen LogP contribution in [0.25, 0.3) is 0 Å². The molecule has 156 valence electrons. The van der Waals surface area contributed by atoms with Crippen LogP contribution in [0.5, 0.6) is 0 Å². The van der Waals surface area contributed by atoms with E-state index in [0.29, 0.717) is 28.5 Å². The number of fused-ring (bicyclic) bond motifs is 7. The summed E-state index contributed by atoms with van der Waals surface area (Å²) in [5, 5.41) is 7.45. The molecule has 3 nitrogen and oxygen atoms in total. The molecule has 2 fully saturated rings. The van der Waals surface area contributed by atoms with Crippen LogP contribution < -0.4 is 10.6 Å². The number of amides is 1. The maximum absolute atomic E-state index is 13.0. The molecule has 2 aliphatic carbocycles. The highest BCUT2D eigenvalue weighted by Gasteiger charge is 2.53. The Morgan fingerprint density at radius 2 is 1.77 bits per heavy atom. The molecule has 2 bridgehead atoms. The molecule has 31 heavy (non-hydrogen) atoms. The Morgan fingerprint density at radius 3 is 2.61 bits per heavy atom. The normalized spacial score (nSPS) is 27.8. The molecule has 5 atom stereocenters. The van der Waals surface area contributed by atoms with Crippen LogP contribution in [-0.2, 0) is 0 Å². The molecule has 2 saturated carbocycles. The molecule has 6 rings (SSSR count). The average Bonchev–Trinajstić information content (AvgIpc) is 3.42. The third-order valence-corrected chi connectivity index (χ3v) is 7.83. The molecule has 0 aromatic heterocycles. The second-order valence-electron chi connectivity index (χ2n) is 9.24. The van der Waals surface area contributed by atoms with Crippen LogP contribution in [0, 0.1) is 17.8 Å². The number of benzene rings is 3. The number of anilines is 2. The van der Waals surface area contributed by atoms with E-state index >= 15 is 0 Å². The standard InChI is InChI=1S/C27H25ClN2O/c28-20-7-4-8-21(15-20)29-27(31)19-11-12-23-22(14-19)24-17-9-10-18(13-17)25(24)26(30-23)16-5-2-1-3-6-16/h1-8,11-12,14-15,17-18,24-26,30H,9-10,13H2,(H,29,31)/t17-,18-,24-,25-,26-/m0/s1. The second-order valence-corrected chi connectivity index (χ2v) is 9.67. The Hall–Kier alpha value is -2.78. The molecule has 1 aliphatic heterocycles.